The van der Waals surface area contributed by atoms with E-state index in [1.54, 1.807) is 31.2 Å². The van der Waals surface area contributed by atoms with Gasteiger partial charge in [0.25, 0.3) is 5.91 Å². The standard InChI is InChI=1S/C19H19N3O5S/c1-13-8-9-15(28(25,26)22(2)3)10-16(13)19(24)27-12-18(23)21-17-7-5-4-6-14(17)11-20/h4-10H,12H2,1-3H3,(H,21,23). The van der Waals surface area contributed by atoms with Gasteiger partial charge < -0.3 is 10.1 Å². The number of carbonyl (C=O) groups excluding carboxylic acids is 2. The fourth-order valence-corrected chi connectivity index (χ4v) is 3.21. The first-order valence-corrected chi connectivity index (χ1v) is 9.60. The van der Waals surface area contributed by atoms with Crippen molar-refractivity contribution in [3.63, 3.8) is 0 Å². The van der Waals surface area contributed by atoms with E-state index in [2.05, 4.69) is 5.32 Å². The molecule has 0 saturated carbocycles. The van der Waals surface area contributed by atoms with Crippen molar-refractivity contribution >= 4 is 27.6 Å². The van der Waals surface area contributed by atoms with Crippen molar-refractivity contribution in [2.24, 2.45) is 0 Å². The van der Waals surface area contributed by atoms with Crippen molar-refractivity contribution in [1.82, 2.24) is 4.31 Å². The van der Waals surface area contributed by atoms with E-state index in [0.717, 1.165) is 4.31 Å². The summed E-state index contributed by atoms with van der Waals surface area (Å²) in [6.45, 7) is 1.05. The smallest absolute Gasteiger partial charge is 0.338 e. The Hall–Kier alpha value is -3.22. The van der Waals surface area contributed by atoms with Crippen LogP contribution < -0.4 is 5.32 Å². The van der Waals surface area contributed by atoms with Crippen molar-refractivity contribution in [3.05, 3.63) is 59.2 Å². The Morgan fingerprint density at radius 1 is 1.18 bits per heavy atom. The molecule has 1 N–H and O–H groups in total. The highest BCUT2D eigenvalue weighted by molar-refractivity contribution is 7.89. The Bertz CT molecular complexity index is 1060. The van der Waals surface area contributed by atoms with Gasteiger partial charge in [-0.3, -0.25) is 4.79 Å². The molecule has 0 radical (unpaired) electrons. The fraction of sp³-hybridized carbons (Fsp3) is 0.211. The van der Waals surface area contributed by atoms with Crippen LogP contribution in [0.1, 0.15) is 21.5 Å². The number of benzene rings is 2. The van der Waals surface area contributed by atoms with Crippen LogP contribution in [-0.2, 0) is 19.6 Å². The first-order valence-electron chi connectivity index (χ1n) is 8.16. The minimum atomic E-state index is -3.71. The number of esters is 1. The molecule has 0 unspecified atom stereocenters. The summed E-state index contributed by atoms with van der Waals surface area (Å²) in [4.78, 5) is 24.3. The van der Waals surface area contributed by atoms with Crippen molar-refractivity contribution in [2.45, 2.75) is 11.8 Å². The van der Waals surface area contributed by atoms with E-state index in [-0.39, 0.29) is 16.0 Å². The number of aryl methyl sites for hydroxylation is 1. The van der Waals surface area contributed by atoms with Crippen LogP contribution in [0.4, 0.5) is 5.69 Å². The molecule has 2 aromatic rings. The molecule has 0 aromatic heterocycles. The van der Waals surface area contributed by atoms with Gasteiger partial charge in [0.2, 0.25) is 10.0 Å². The number of hydrogen-bond donors (Lipinski definition) is 1. The van der Waals surface area contributed by atoms with Crippen LogP contribution >= 0.6 is 0 Å². The highest BCUT2D eigenvalue weighted by Crippen LogP contribution is 2.19. The van der Waals surface area contributed by atoms with E-state index in [1.807, 2.05) is 6.07 Å². The average molecular weight is 401 g/mol. The molecule has 0 heterocycles. The monoisotopic (exact) mass is 401 g/mol. The van der Waals surface area contributed by atoms with Gasteiger partial charge in [-0.25, -0.2) is 17.5 Å². The summed E-state index contributed by atoms with van der Waals surface area (Å²) in [5.74, 6) is -1.44. The van der Waals surface area contributed by atoms with Gasteiger partial charge in [-0.2, -0.15) is 5.26 Å². The lowest BCUT2D eigenvalue weighted by Crippen LogP contribution is -2.23. The molecule has 0 spiro atoms. The van der Waals surface area contributed by atoms with Crippen LogP contribution in [0.15, 0.2) is 47.4 Å². The van der Waals surface area contributed by atoms with Crippen molar-refractivity contribution < 1.29 is 22.7 Å². The van der Waals surface area contributed by atoms with E-state index >= 15 is 0 Å². The second-order valence-corrected chi connectivity index (χ2v) is 8.20. The molecule has 0 fully saturated rings. The molecule has 0 aliphatic rings. The molecule has 0 atom stereocenters. The van der Waals surface area contributed by atoms with Gasteiger partial charge >= 0.3 is 5.97 Å². The Kier molecular flexibility index (Phi) is 6.51. The summed E-state index contributed by atoms with van der Waals surface area (Å²) < 4.78 is 30.5. The van der Waals surface area contributed by atoms with Gasteiger partial charge in [0.1, 0.15) is 6.07 Å². The van der Waals surface area contributed by atoms with Crippen LogP contribution in [0.25, 0.3) is 0 Å². The van der Waals surface area contributed by atoms with Crippen molar-refractivity contribution in [3.8, 4) is 6.07 Å². The number of anilines is 1. The molecule has 0 saturated heterocycles. The number of nitrogens with zero attached hydrogens (tertiary/aromatic N) is 2. The van der Waals surface area contributed by atoms with E-state index < -0.39 is 28.5 Å². The number of rotatable bonds is 6. The fourth-order valence-electron chi connectivity index (χ4n) is 2.28. The van der Waals surface area contributed by atoms with Gasteiger partial charge in [0.15, 0.2) is 6.61 Å². The van der Waals surface area contributed by atoms with Gasteiger partial charge in [0, 0.05) is 14.1 Å². The third-order valence-corrected chi connectivity index (χ3v) is 5.67. The first-order chi connectivity index (χ1) is 13.2. The number of carbonyl (C=O) groups is 2. The number of nitrogens with one attached hydrogen (secondary N) is 1. The molecule has 0 aliphatic heterocycles. The maximum Gasteiger partial charge on any atom is 0.338 e. The molecule has 9 heteroatoms. The van der Waals surface area contributed by atoms with Crippen LogP contribution in [0.5, 0.6) is 0 Å². The van der Waals surface area contributed by atoms with E-state index in [0.29, 0.717) is 11.3 Å². The average Bonchev–Trinajstić information content (AvgIpc) is 2.66. The minimum absolute atomic E-state index is 0.0492. The quantitative estimate of drug-likeness (QED) is 0.739. The number of nitriles is 1. The number of amides is 1. The molecule has 2 rings (SSSR count). The second-order valence-electron chi connectivity index (χ2n) is 6.05. The molecule has 2 aromatic carbocycles. The zero-order valence-corrected chi connectivity index (χ0v) is 16.4. The summed E-state index contributed by atoms with van der Waals surface area (Å²) in [6.07, 6.45) is 0. The molecule has 28 heavy (non-hydrogen) atoms. The first kappa shape index (κ1) is 21.1. The van der Waals surface area contributed by atoms with Crippen LogP contribution in [-0.4, -0.2) is 45.3 Å². The van der Waals surface area contributed by atoms with Crippen LogP contribution in [0.3, 0.4) is 0 Å². The molecule has 0 aliphatic carbocycles. The predicted molar refractivity (Wildman–Crippen MR) is 102 cm³/mol. The molecular weight excluding hydrogens is 382 g/mol. The zero-order chi connectivity index (χ0) is 20.9. The number of hydrogen-bond acceptors (Lipinski definition) is 6. The third kappa shape index (κ3) is 4.73. The van der Waals surface area contributed by atoms with Crippen molar-refractivity contribution in [1.29, 1.82) is 5.26 Å². The van der Waals surface area contributed by atoms with Crippen LogP contribution in [0, 0.1) is 18.3 Å². The molecule has 1 amide bonds. The summed E-state index contributed by atoms with van der Waals surface area (Å²) in [5.41, 5.74) is 1.15. The second kappa shape index (κ2) is 8.65. The van der Waals surface area contributed by atoms with Crippen molar-refractivity contribution in [2.75, 3.05) is 26.0 Å². The van der Waals surface area contributed by atoms with Gasteiger partial charge in [-0.05, 0) is 36.8 Å². The highest BCUT2D eigenvalue weighted by Gasteiger charge is 2.21. The summed E-state index contributed by atoms with van der Waals surface area (Å²) in [6, 6.07) is 12.5. The van der Waals surface area contributed by atoms with E-state index in [1.165, 1.54) is 32.3 Å². The summed E-state index contributed by atoms with van der Waals surface area (Å²) in [5, 5.41) is 11.5. The number of ether oxygens (including phenoxy) is 1. The summed E-state index contributed by atoms with van der Waals surface area (Å²) >= 11 is 0. The Balaban J connectivity index is 2.11. The largest absolute Gasteiger partial charge is 0.452 e. The van der Waals surface area contributed by atoms with Gasteiger partial charge in [0.05, 0.1) is 21.7 Å². The van der Waals surface area contributed by atoms with Gasteiger partial charge in [-0.1, -0.05) is 18.2 Å². The normalized spacial score (nSPS) is 11.0. The number of para-hydroxylation sites is 1. The summed E-state index contributed by atoms with van der Waals surface area (Å²) in [7, 11) is -0.943. The Morgan fingerprint density at radius 2 is 1.86 bits per heavy atom. The zero-order valence-electron chi connectivity index (χ0n) is 15.6. The maximum absolute atomic E-state index is 12.3. The SMILES string of the molecule is Cc1ccc(S(=O)(=O)N(C)C)cc1C(=O)OCC(=O)Nc1ccccc1C#N. The third-order valence-electron chi connectivity index (χ3n) is 3.86. The minimum Gasteiger partial charge on any atom is -0.452 e. The Morgan fingerprint density at radius 3 is 2.50 bits per heavy atom. The van der Waals surface area contributed by atoms with Crippen LogP contribution in [0.2, 0.25) is 0 Å². The topological polar surface area (TPSA) is 117 Å². The lowest BCUT2D eigenvalue weighted by molar-refractivity contribution is -0.119. The molecular formula is C19H19N3O5S. The predicted octanol–water partition coefficient (Wildman–Crippen LogP) is 1.91. The van der Waals surface area contributed by atoms with Gasteiger partial charge in [-0.15, -0.1) is 0 Å². The van der Waals surface area contributed by atoms with E-state index in [9.17, 15) is 18.0 Å². The molecule has 146 valence electrons. The molecule has 0 bridgehead atoms. The number of sulfonamides is 1. The Labute approximate surface area is 163 Å². The molecule has 8 nitrogen and oxygen atoms in total. The van der Waals surface area contributed by atoms with E-state index in [4.69, 9.17) is 10.00 Å². The lowest BCUT2D eigenvalue weighted by Gasteiger charge is -2.13. The maximum atomic E-state index is 12.3. The lowest BCUT2D eigenvalue weighted by atomic mass is 10.1. The highest BCUT2D eigenvalue weighted by atomic mass is 32.2.